The van der Waals surface area contributed by atoms with Gasteiger partial charge in [-0.2, -0.15) is 0 Å². The van der Waals surface area contributed by atoms with Gasteiger partial charge in [0.15, 0.2) is 0 Å². The summed E-state index contributed by atoms with van der Waals surface area (Å²) < 4.78 is 27.9. The summed E-state index contributed by atoms with van der Waals surface area (Å²) in [7, 11) is 1.81. The molecular formula is C15H23ClO3S. The van der Waals surface area contributed by atoms with E-state index in [1.807, 2.05) is 19.1 Å². The van der Waals surface area contributed by atoms with Crippen LogP contribution in [0.5, 0.6) is 5.75 Å². The van der Waals surface area contributed by atoms with Crippen molar-refractivity contribution in [2.45, 2.75) is 40.0 Å². The van der Waals surface area contributed by atoms with Crippen LogP contribution in [0.2, 0.25) is 0 Å². The van der Waals surface area contributed by atoms with Crippen LogP contribution in [0.1, 0.15) is 44.2 Å². The van der Waals surface area contributed by atoms with Gasteiger partial charge in [0.2, 0.25) is 9.05 Å². The molecule has 0 spiro atoms. The van der Waals surface area contributed by atoms with Gasteiger partial charge in [0, 0.05) is 16.6 Å². The van der Waals surface area contributed by atoms with Crippen molar-refractivity contribution in [3.05, 3.63) is 29.3 Å². The molecule has 0 bridgehead atoms. The minimum absolute atomic E-state index is 0.0475. The van der Waals surface area contributed by atoms with Crippen LogP contribution in [0.3, 0.4) is 0 Å². The molecular weight excluding hydrogens is 296 g/mol. The van der Waals surface area contributed by atoms with Gasteiger partial charge in [-0.15, -0.1) is 0 Å². The molecule has 0 radical (unpaired) electrons. The number of hydrogen-bond donors (Lipinski definition) is 0. The van der Waals surface area contributed by atoms with Crippen LogP contribution < -0.4 is 4.74 Å². The number of halogens is 1. The van der Waals surface area contributed by atoms with E-state index in [0.29, 0.717) is 12.5 Å². The van der Waals surface area contributed by atoms with E-state index in [1.165, 1.54) is 11.1 Å². The molecule has 0 saturated carbocycles. The molecule has 1 aromatic rings. The molecule has 114 valence electrons. The maximum atomic E-state index is 11.1. The van der Waals surface area contributed by atoms with Crippen LogP contribution >= 0.6 is 10.7 Å². The lowest BCUT2D eigenvalue weighted by molar-refractivity contribution is 0.257. The fourth-order valence-electron chi connectivity index (χ4n) is 2.17. The second-order valence-corrected chi connectivity index (χ2v) is 8.29. The highest BCUT2D eigenvalue weighted by Gasteiger charge is 2.16. The molecule has 1 atom stereocenters. The maximum Gasteiger partial charge on any atom is 0.232 e. The van der Waals surface area contributed by atoms with Crippen LogP contribution in [0, 0.1) is 12.8 Å². The van der Waals surface area contributed by atoms with Crippen molar-refractivity contribution in [3.8, 4) is 5.75 Å². The van der Waals surface area contributed by atoms with Crippen molar-refractivity contribution in [1.29, 1.82) is 0 Å². The zero-order chi connectivity index (χ0) is 15.3. The smallest absolute Gasteiger partial charge is 0.232 e. The number of rotatable bonds is 7. The van der Waals surface area contributed by atoms with E-state index in [2.05, 4.69) is 26.8 Å². The molecule has 20 heavy (non-hydrogen) atoms. The van der Waals surface area contributed by atoms with E-state index in [0.717, 1.165) is 12.2 Å². The molecule has 1 rings (SSSR count). The molecule has 1 unspecified atom stereocenters. The molecule has 0 aliphatic rings. The van der Waals surface area contributed by atoms with Gasteiger partial charge < -0.3 is 4.74 Å². The van der Waals surface area contributed by atoms with Crippen LogP contribution in [-0.2, 0) is 9.05 Å². The normalized spacial score (nSPS) is 13.5. The van der Waals surface area contributed by atoms with E-state index in [9.17, 15) is 8.42 Å². The molecule has 0 amide bonds. The van der Waals surface area contributed by atoms with Crippen LogP contribution in [0.15, 0.2) is 18.2 Å². The second kappa shape index (κ2) is 7.32. The summed E-state index contributed by atoms with van der Waals surface area (Å²) in [5, 5.41) is 0. The van der Waals surface area contributed by atoms with E-state index in [1.54, 1.807) is 0 Å². The van der Waals surface area contributed by atoms with Gasteiger partial charge >= 0.3 is 0 Å². The fraction of sp³-hybridized carbons (Fsp3) is 0.600. The molecule has 3 nitrogen and oxygen atoms in total. The van der Waals surface area contributed by atoms with Gasteiger partial charge in [-0.05, 0) is 42.5 Å². The third-order valence-corrected chi connectivity index (χ3v) is 4.61. The Labute approximate surface area is 126 Å². The second-order valence-electron chi connectivity index (χ2n) is 5.46. The molecule has 0 heterocycles. The van der Waals surface area contributed by atoms with Gasteiger partial charge in [-0.3, -0.25) is 0 Å². The fourth-order valence-corrected chi connectivity index (χ4v) is 3.59. The highest BCUT2D eigenvalue weighted by Crippen LogP contribution is 2.24. The van der Waals surface area contributed by atoms with Gasteiger partial charge in [0.1, 0.15) is 5.75 Å². The standard InChI is InChI=1S/C15H23ClO3S/c1-5-13(10-20(16,17)18)9-19-14-6-7-15(11(2)3)12(4)8-14/h6-8,11,13H,5,9-10H2,1-4H3. The summed E-state index contributed by atoms with van der Waals surface area (Å²) >= 11 is 0. The van der Waals surface area contributed by atoms with Crippen molar-refractivity contribution in [2.24, 2.45) is 5.92 Å². The molecule has 0 fully saturated rings. The van der Waals surface area contributed by atoms with E-state index in [4.69, 9.17) is 15.4 Å². The lowest BCUT2D eigenvalue weighted by atomic mass is 9.98. The Balaban J connectivity index is 2.67. The molecule has 0 saturated heterocycles. The largest absolute Gasteiger partial charge is 0.493 e. The Morgan fingerprint density at radius 3 is 2.40 bits per heavy atom. The monoisotopic (exact) mass is 318 g/mol. The van der Waals surface area contributed by atoms with Crippen molar-refractivity contribution in [1.82, 2.24) is 0 Å². The Hall–Kier alpha value is -0.740. The Morgan fingerprint density at radius 2 is 1.95 bits per heavy atom. The number of hydrogen-bond acceptors (Lipinski definition) is 3. The first kappa shape index (κ1) is 17.3. The highest BCUT2D eigenvalue weighted by atomic mass is 35.7. The molecule has 1 aromatic carbocycles. The lowest BCUT2D eigenvalue weighted by Gasteiger charge is -2.16. The molecule has 5 heteroatoms. The van der Waals surface area contributed by atoms with Crippen LogP contribution in [0.4, 0.5) is 0 Å². The first-order chi connectivity index (χ1) is 9.23. The maximum absolute atomic E-state index is 11.1. The number of ether oxygens (including phenoxy) is 1. The summed E-state index contributed by atoms with van der Waals surface area (Å²) in [6, 6.07) is 6.00. The van der Waals surface area contributed by atoms with Gasteiger partial charge in [0.05, 0.1) is 12.4 Å². The van der Waals surface area contributed by atoms with Gasteiger partial charge in [0.25, 0.3) is 0 Å². The van der Waals surface area contributed by atoms with Gasteiger partial charge in [-0.25, -0.2) is 8.42 Å². The lowest BCUT2D eigenvalue weighted by Crippen LogP contribution is -2.19. The quantitative estimate of drug-likeness (QED) is 0.711. The van der Waals surface area contributed by atoms with Crippen LogP contribution in [-0.4, -0.2) is 20.8 Å². The Bertz CT molecular complexity index is 538. The van der Waals surface area contributed by atoms with Crippen molar-refractivity contribution >= 4 is 19.7 Å². The zero-order valence-electron chi connectivity index (χ0n) is 12.5. The number of benzene rings is 1. The summed E-state index contributed by atoms with van der Waals surface area (Å²) in [6.07, 6.45) is 0.717. The van der Waals surface area contributed by atoms with Crippen molar-refractivity contribution in [2.75, 3.05) is 12.4 Å². The highest BCUT2D eigenvalue weighted by molar-refractivity contribution is 8.13. The summed E-state index contributed by atoms with van der Waals surface area (Å²) in [4.78, 5) is 0. The first-order valence-electron chi connectivity index (χ1n) is 6.88. The summed E-state index contributed by atoms with van der Waals surface area (Å²) in [5.74, 6) is 1.13. The predicted octanol–water partition coefficient (Wildman–Crippen LogP) is 4.09. The molecule has 0 aliphatic carbocycles. The zero-order valence-corrected chi connectivity index (χ0v) is 14.1. The Kier molecular flexibility index (Phi) is 6.34. The van der Waals surface area contributed by atoms with E-state index >= 15 is 0 Å². The SMILES string of the molecule is CCC(COc1ccc(C(C)C)c(C)c1)CS(=O)(=O)Cl. The first-order valence-corrected chi connectivity index (χ1v) is 9.36. The third kappa shape index (κ3) is 5.71. The van der Waals surface area contributed by atoms with Gasteiger partial charge in [-0.1, -0.05) is 26.8 Å². The summed E-state index contributed by atoms with van der Waals surface area (Å²) in [5.41, 5.74) is 2.49. The molecule has 0 N–H and O–H groups in total. The number of aryl methyl sites for hydroxylation is 1. The molecule has 0 aromatic heterocycles. The third-order valence-electron chi connectivity index (χ3n) is 3.36. The van der Waals surface area contributed by atoms with E-state index in [-0.39, 0.29) is 11.7 Å². The topological polar surface area (TPSA) is 43.4 Å². The summed E-state index contributed by atoms with van der Waals surface area (Å²) in [6.45, 7) is 8.66. The predicted molar refractivity (Wildman–Crippen MR) is 84.2 cm³/mol. The van der Waals surface area contributed by atoms with E-state index < -0.39 is 9.05 Å². The van der Waals surface area contributed by atoms with Crippen molar-refractivity contribution < 1.29 is 13.2 Å². The van der Waals surface area contributed by atoms with Crippen LogP contribution in [0.25, 0.3) is 0 Å². The van der Waals surface area contributed by atoms with Crippen molar-refractivity contribution in [3.63, 3.8) is 0 Å². The average Bonchev–Trinajstić information content (AvgIpc) is 2.32. The minimum Gasteiger partial charge on any atom is -0.493 e. The Morgan fingerprint density at radius 1 is 1.30 bits per heavy atom. The molecule has 0 aliphatic heterocycles. The minimum atomic E-state index is -3.47. The average molecular weight is 319 g/mol.